The number of aliphatic imine (C=N–C) groups is 1. The maximum Gasteiger partial charge on any atom is 0.209 e. The number of unbranched alkanes of at least 4 members (excludes halogenated alkanes) is 2. The first-order valence-corrected chi connectivity index (χ1v) is 8.90. The summed E-state index contributed by atoms with van der Waals surface area (Å²) in [5.41, 5.74) is 3.08. The molecule has 4 nitrogen and oxygen atoms in total. The highest BCUT2D eigenvalue weighted by atomic mass is 35.5. The molecular weight excluding hydrogens is 334 g/mol. The molecule has 5 heteroatoms. The summed E-state index contributed by atoms with van der Waals surface area (Å²) in [6.45, 7) is 7.34. The fourth-order valence-corrected chi connectivity index (χ4v) is 2.89. The Morgan fingerprint density at radius 2 is 1.92 bits per heavy atom. The minimum atomic E-state index is 0.246. The highest BCUT2D eigenvalue weighted by Crippen LogP contribution is 2.23. The minimum absolute atomic E-state index is 0.246. The van der Waals surface area contributed by atoms with Gasteiger partial charge in [0.1, 0.15) is 0 Å². The van der Waals surface area contributed by atoms with Gasteiger partial charge < -0.3 is 10.0 Å². The van der Waals surface area contributed by atoms with E-state index in [1.807, 2.05) is 41.4 Å². The Hall–Kier alpha value is -2.04. The molecule has 1 aliphatic rings. The predicted molar refractivity (Wildman–Crippen MR) is 106 cm³/mol. The summed E-state index contributed by atoms with van der Waals surface area (Å²) in [6, 6.07) is 7.70. The van der Waals surface area contributed by atoms with Crippen molar-refractivity contribution < 1.29 is 5.11 Å². The lowest BCUT2D eigenvalue weighted by Crippen LogP contribution is -2.43. The van der Waals surface area contributed by atoms with E-state index in [4.69, 9.17) is 16.7 Å². The van der Waals surface area contributed by atoms with Gasteiger partial charge in [-0.3, -0.25) is 9.89 Å². The summed E-state index contributed by atoms with van der Waals surface area (Å²) >= 11 is 5.94. The SMILES string of the molecule is C=C1C=C(C)N(CCCCCO)C(=NC)N1/C=C/c1ccc(Cl)cc1. The maximum atomic E-state index is 8.94. The summed E-state index contributed by atoms with van der Waals surface area (Å²) < 4.78 is 0. The topological polar surface area (TPSA) is 39.1 Å². The lowest BCUT2D eigenvalue weighted by atomic mass is 10.2. The zero-order chi connectivity index (χ0) is 18.2. The number of guanidine groups is 1. The number of aliphatic hydroxyl groups is 1. The highest BCUT2D eigenvalue weighted by Gasteiger charge is 2.24. The van der Waals surface area contributed by atoms with Gasteiger partial charge in [0.05, 0.1) is 0 Å². The Bertz CT molecular complexity index is 677. The molecule has 1 N–H and O–H groups in total. The summed E-state index contributed by atoms with van der Waals surface area (Å²) in [6.07, 6.45) is 8.91. The number of rotatable bonds is 7. The summed E-state index contributed by atoms with van der Waals surface area (Å²) in [5.74, 6) is 0.860. The van der Waals surface area contributed by atoms with Crippen LogP contribution in [0.2, 0.25) is 5.02 Å². The number of halogens is 1. The second-order valence-corrected chi connectivity index (χ2v) is 6.41. The lowest BCUT2D eigenvalue weighted by Gasteiger charge is -2.37. The standard InChI is InChI=1S/C20H26ClN3O/c1-16-15-17(2)24(13-11-18-7-9-19(21)10-8-18)20(22-3)23(16)12-5-4-6-14-25/h7-11,13,15,25H,2,4-6,12,14H2,1,3H3/b13-11+,22-20?. The molecule has 1 aliphatic heterocycles. The Kier molecular flexibility index (Phi) is 7.29. The van der Waals surface area contributed by atoms with Gasteiger partial charge in [-0.05, 0) is 56.0 Å². The van der Waals surface area contributed by atoms with Crippen molar-refractivity contribution in [1.82, 2.24) is 9.80 Å². The average Bonchev–Trinajstić information content (AvgIpc) is 2.60. The molecule has 0 bridgehead atoms. The van der Waals surface area contributed by atoms with Crippen molar-refractivity contribution in [2.45, 2.75) is 26.2 Å². The average molecular weight is 360 g/mol. The second-order valence-electron chi connectivity index (χ2n) is 5.97. The Morgan fingerprint density at radius 3 is 2.56 bits per heavy atom. The van der Waals surface area contributed by atoms with Crippen LogP contribution in [0.25, 0.3) is 6.08 Å². The van der Waals surface area contributed by atoms with Crippen molar-refractivity contribution in [1.29, 1.82) is 0 Å². The molecule has 134 valence electrons. The molecule has 1 heterocycles. The fourth-order valence-electron chi connectivity index (χ4n) is 2.77. The van der Waals surface area contributed by atoms with Gasteiger partial charge in [0.25, 0.3) is 0 Å². The van der Waals surface area contributed by atoms with Gasteiger partial charge in [0.2, 0.25) is 5.96 Å². The molecule has 0 aliphatic carbocycles. The molecule has 1 aromatic carbocycles. The van der Waals surface area contributed by atoms with E-state index < -0.39 is 0 Å². The number of aliphatic hydroxyl groups excluding tert-OH is 1. The van der Waals surface area contributed by atoms with Crippen molar-refractivity contribution in [3.05, 3.63) is 65.1 Å². The molecule has 0 spiro atoms. The van der Waals surface area contributed by atoms with E-state index in [0.29, 0.717) is 0 Å². The molecule has 25 heavy (non-hydrogen) atoms. The third kappa shape index (κ3) is 5.21. The Balaban J connectivity index is 2.16. The Labute approximate surface area is 155 Å². The van der Waals surface area contributed by atoms with Gasteiger partial charge in [0.15, 0.2) is 0 Å². The van der Waals surface area contributed by atoms with E-state index in [1.54, 1.807) is 7.05 Å². The lowest BCUT2D eigenvalue weighted by molar-refractivity contribution is 0.280. The molecule has 1 aromatic rings. The van der Waals surface area contributed by atoms with Gasteiger partial charge in [-0.1, -0.05) is 30.3 Å². The largest absolute Gasteiger partial charge is 0.396 e. The van der Waals surface area contributed by atoms with Crippen LogP contribution in [0.3, 0.4) is 0 Å². The highest BCUT2D eigenvalue weighted by molar-refractivity contribution is 6.30. The van der Waals surface area contributed by atoms with Crippen molar-refractivity contribution >= 4 is 23.6 Å². The summed E-state index contributed by atoms with van der Waals surface area (Å²) in [5, 5.41) is 9.66. The third-order valence-electron chi connectivity index (χ3n) is 4.09. The van der Waals surface area contributed by atoms with E-state index in [0.717, 1.165) is 53.7 Å². The molecule has 0 unspecified atom stereocenters. The molecule has 0 radical (unpaired) electrons. The zero-order valence-electron chi connectivity index (χ0n) is 15.0. The molecule has 2 rings (SSSR count). The van der Waals surface area contributed by atoms with Crippen LogP contribution in [0, 0.1) is 0 Å². The predicted octanol–water partition coefficient (Wildman–Crippen LogP) is 4.49. The molecule has 0 amide bonds. The van der Waals surface area contributed by atoms with Crippen LogP contribution in [0.5, 0.6) is 0 Å². The molecule has 0 saturated carbocycles. The number of allylic oxidation sites excluding steroid dienone is 2. The first kappa shape index (κ1) is 19.3. The zero-order valence-corrected chi connectivity index (χ0v) is 15.7. The summed E-state index contributed by atoms with van der Waals surface area (Å²) in [7, 11) is 1.80. The van der Waals surface area contributed by atoms with Crippen LogP contribution in [-0.2, 0) is 0 Å². The maximum absolute atomic E-state index is 8.94. The quantitative estimate of drug-likeness (QED) is 0.729. The van der Waals surface area contributed by atoms with Gasteiger partial charge in [-0.15, -0.1) is 0 Å². The van der Waals surface area contributed by atoms with Crippen molar-refractivity contribution in [3.8, 4) is 0 Å². The van der Waals surface area contributed by atoms with Crippen molar-refractivity contribution in [3.63, 3.8) is 0 Å². The molecule has 0 saturated heterocycles. The van der Waals surface area contributed by atoms with Crippen LogP contribution >= 0.6 is 11.6 Å². The smallest absolute Gasteiger partial charge is 0.209 e. The van der Waals surface area contributed by atoms with Crippen LogP contribution in [0.15, 0.2) is 59.5 Å². The number of hydrogen-bond acceptors (Lipinski definition) is 2. The Morgan fingerprint density at radius 1 is 1.20 bits per heavy atom. The third-order valence-corrected chi connectivity index (χ3v) is 4.35. The van der Waals surface area contributed by atoms with E-state index in [1.165, 1.54) is 0 Å². The molecule has 0 aromatic heterocycles. The van der Waals surface area contributed by atoms with Gasteiger partial charge in [-0.25, -0.2) is 0 Å². The van der Waals surface area contributed by atoms with E-state index >= 15 is 0 Å². The van der Waals surface area contributed by atoms with E-state index in [9.17, 15) is 0 Å². The van der Waals surface area contributed by atoms with Crippen LogP contribution in [0.1, 0.15) is 31.7 Å². The number of hydrogen-bond donors (Lipinski definition) is 1. The van der Waals surface area contributed by atoms with Gasteiger partial charge in [-0.2, -0.15) is 0 Å². The van der Waals surface area contributed by atoms with E-state index in [2.05, 4.69) is 29.5 Å². The van der Waals surface area contributed by atoms with Crippen LogP contribution < -0.4 is 0 Å². The first-order chi connectivity index (χ1) is 12.1. The van der Waals surface area contributed by atoms with Crippen molar-refractivity contribution in [2.24, 2.45) is 4.99 Å². The number of nitrogens with zero attached hydrogens (tertiary/aromatic N) is 3. The molecular formula is C20H26ClN3O. The molecule has 0 fully saturated rings. The van der Waals surface area contributed by atoms with Crippen LogP contribution in [-0.4, -0.2) is 41.1 Å². The van der Waals surface area contributed by atoms with Crippen molar-refractivity contribution in [2.75, 3.05) is 20.2 Å². The monoisotopic (exact) mass is 359 g/mol. The number of benzene rings is 1. The molecule has 0 atom stereocenters. The fraction of sp³-hybridized carbons (Fsp3) is 0.350. The van der Waals surface area contributed by atoms with Gasteiger partial charge >= 0.3 is 0 Å². The van der Waals surface area contributed by atoms with Gasteiger partial charge in [0, 0.05) is 42.8 Å². The van der Waals surface area contributed by atoms with E-state index in [-0.39, 0.29) is 6.61 Å². The van der Waals surface area contributed by atoms with Crippen LogP contribution in [0.4, 0.5) is 0 Å². The second kappa shape index (κ2) is 9.44. The summed E-state index contributed by atoms with van der Waals surface area (Å²) in [4.78, 5) is 8.67. The minimum Gasteiger partial charge on any atom is -0.396 e. The normalized spacial score (nSPS) is 16.9. The first-order valence-electron chi connectivity index (χ1n) is 8.52.